The predicted molar refractivity (Wildman–Crippen MR) is 38.2 cm³/mol. The Morgan fingerprint density at radius 3 is 2.25 bits per heavy atom. The van der Waals surface area contributed by atoms with Crippen molar-refractivity contribution in [2.75, 3.05) is 13.2 Å². The van der Waals surface area contributed by atoms with Gasteiger partial charge in [0.2, 0.25) is 0 Å². The Morgan fingerprint density at radius 2 is 1.62 bits per heavy atom. The molecule has 0 bridgehead atoms. The summed E-state index contributed by atoms with van der Waals surface area (Å²) in [4.78, 5) is 0. The van der Waals surface area contributed by atoms with E-state index in [0.717, 1.165) is 13.2 Å². The monoisotopic (exact) mass is 130 g/mol. The van der Waals surface area contributed by atoms with Crippen LogP contribution in [0.3, 0.4) is 0 Å². The molecule has 1 nitrogen and oxygen atoms in total. The zero-order valence-corrected chi connectivity index (χ0v) is 6.77. The summed E-state index contributed by atoms with van der Waals surface area (Å²) in [6, 6.07) is 3.03. The molecule has 0 amide bonds. The van der Waals surface area contributed by atoms with Gasteiger partial charge in [0, 0.05) is 22.7 Å². The van der Waals surface area contributed by atoms with Crippen LogP contribution in [0.25, 0.3) is 0 Å². The molecule has 1 heterocycles. The van der Waals surface area contributed by atoms with E-state index >= 15 is 0 Å². The summed E-state index contributed by atoms with van der Waals surface area (Å²) in [6.45, 7) is 2.07. The van der Waals surface area contributed by atoms with Gasteiger partial charge in [0.1, 0.15) is 0 Å². The van der Waals surface area contributed by atoms with E-state index in [0.29, 0.717) is 9.52 Å². The maximum atomic E-state index is 5.30. The second kappa shape index (κ2) is 4.10. The summed E-state index contributed by atoms with van der Waals surface area (Å²) >= 11 is 0. The third-order valence-corrected chi connectivity index (χ3v) is 3.58. The highest BCUT2D eigenvalue weighted by Crippen LogP contribution is 2.01. The largest absolute Gasteiger partial charge is 0.381 e. The molecule has 48 valence electrons. The lowest BCUT2D eigenvalue weighted by Crippen LogP contribution is -2.04. The number of rotatable bonds is 0. The highest BCUT2D eigenvalue weighted by molar-refractivity contribution is 6.35. The molecular weight excluding hydrogens is 116 g/mol. The molecule has 0 saturated carbocycles. The third kappa shape index (κ3) is 2.48. The van der Waals surface area contributed by atoms with E-state index in [4.69, 9.17) is 4.74 Å². The molecule has 0 aromatic carbocycles. The van der Waals surface area contributed by atoms with Crippen molar-refractivity contribution in [2.24, 2.45) is 0 Å². The number of hydrogen-bond donors (Lipinski definition) is 0. The van der Waals surface area contributed by atoms with Crippen molar-refractivity contribution in [3.05, 3.63) is 0 Å². The van der Waals surface area contributed by atoms with Crippen molar-refractivity contribution < 1.29 is 4.74 Å². The third-order valence-electron chi connectivity index (χ3n) is 1.58. The zero-order chi connectivity index (χ0) is 5.66. The molecule has 0 radical (unpaired) electrons. The molecule has 1 rings (SSSR count). The van der Waals surface area contributed by atoms with Crippen LogP contribution in [0.4, 0.5) is 0 Å². The van der Waals surface area contributed by atoms with Crippen LogP contribution in [0.2, 0.25) is 12.1 Å². The van der Waals surface area contributed by atoms with E-state index in [1.54, 1.807) is 0 Å². The van der Waals surface area contributed by atoms with Crippen molar-refractivity contribution in [2.45, 2.75) is 24.9 Å². The lowest BCUT2D eigenvalue weighted by atomic mass is 10.5. The fraction of sp³-hybridized carbons (Fsp3) is 1.00. The molecule has 1 saturated heterocycles. The summed E-state index contributed by atoms with van der Waals surface area (Å²) in [6.07, 6.45) is 2.68. The van der Waals surface area contributed by atoms with E-state index in [1.165, 1.54) is 24.9 Å². The van der Waals surface area contributed by atoms with Crippen LogP contribution in [-0.2, 0) is 4.74 Å². The first kappa shape index (κ1) is 6.30. The minimum absolute atomic E-state index is 0.372. The topological polar surface area (TPSA) is 9.23 Å². The zero-order valence-electron chi connectivity index (χ0n) is 5.36. The van der Waals surface area contributed by atoms with Crippen molar-refractivity contribution in [1.82, 2.24) is 0 Å². The molecule has 0 spiro atoms. The summed E-state index contributed by atoms with van der Waals surface area (Å²) in [5.41, 5.74) is 0. The Bertz CT molecular complexity index is 32.5. The second-order valence-corrected chi connectivity index (χ2v) is 4.50. The SMILES string of the molecule is C1COCCC[SiH2]C1. The van der Waals surface area contributed by atoms with E-state index in [9.17, 15) is 0 Å². The fourth-order valence-corrected chi connectivity index (χ4v) is 2.51. The maximum Gasteiger partial charge on any atom is 0.0463 e. The van der Waals surface area contributed by atoms with Crippen molar-refractivity contribution in [3.8, 4) is 0 Å². The molecular formula is C6H14OSi. The van der Waals surface area contributed by atoms with Crippen molar-refractivity contribution >= 4 is 9.52 Å². The molecule has 0 aromatic rings. The average molecular weight is 130 g/mol. The fourth-order valence-electron chi connectivity index (χ4n) is 1.04. The van der Waals surface area contributed by atoms with Gasteiger partial charge in [-0.3, -0.25) is 0 Å². The van der Waals surface area contributed by atoms with Gasteiger partial charge in [-0.25, -0.2) is 0 Å². The van der Waals surface area contributed by atoms with Crippen LogP contribution in [0.15, 0.2) is 0 Å². The minimum atomic E-state index is 0.372. The highest BCUT2D eigenvalue weighted by Gasteiger charge is 1.95. The minimum Gasteiger partial charge on any atom is -0.381 e. The standard InChI is InChI=1S/C6H14OSi/c1-3-7-4-2-6-8-5-1/h1-6,8H2. The Labute approximate surface area is 53.2 Å². The molecule has 8 heavy (non-hydrogen) atoms. The average Bonchev–Trinajstić information content (AvgIpc) is 1.62. The molecule has 1 aliphatic heterocycles. The summed E-state index contributed by atoms with van der Waals surface area (Å²) in [5, 5.41) is 0. The Balaban J connectivity index is 2.00. The molecule has 0 unspecified atom stereocenters. The van der Waals surface area contributed by atoms with E-state index in [2.05, 4.69) is 0 Å². The quantitative estimate of drug-likeness (QED) is 0.441. The molecule has 0 atom stereocenters. The lowest BCUT2D eigenvalue weighted by molar-refractivity contribution is 0.133. The highest BCUT2D eigenvalue weighted by atomic mass is 28.2. The number of ether oxygens (including phenoxy) is 1. The maximum absolute atomic E-state index is 5.30. The molecule has 2 heteroatoms. The normalized spacial score (nSPS) is 24.0. The number of hydrogen-bond acceptors (Lipinski definition) is 1. The van der Waals surface area contributed by atoms with Gasteiger partial charge in [0.05, 0.1) is 0 Å². The van der Waals surface area contributed by atoms with Gasteiger partial charge in [-0.15, -0.1) is 0 Å². The lowest BCUT2D eigenvalue weighted by Gasteiger charge is -2.07. The van der Waals surface area contributed by atoms with E-state index in [1.807, 2.05) is 0 Å². The van der Waals surface area contributed by atoms with Gasteiger partial charge in [-0.05, 0) is 12.8 Å². The Kier molecular flexibility index (Phi) is 3.22. The van der Waals surface area contributed by atoms with Crippen molar-refractivity contribution in [1.29, 1.82) is 0 Å². The molecule has 1 aliphatic rings. The van der Waals surface area contributed by atoms with Gasteiger partial charge < -0.3 is 4.74 Å². The first-order valence-corrected chi connectivity index (χ1v) is 5.58. The Hall–Kier alpha value is 0.177. The van der Waals surface area contributed by atoms with Crippen LogP contribution >= 0.6 is 0 Å². The van der Waals surface area contributed by atoms with E-state index < -0.39 is 0 Å². The summed E-state index contributed by atoms with van der Waals surface area (Å²) in [5.74, 6) is 0. The van der Waals surface area contributed by atoms with Crippen LogP contribution in [0, 0.1) is 0 Å². The summed E-state index contributed by atoms with van der Waals surface area (Å²) < 4.78 is 5.30. The molecule has 1 fully saturated rings. The molecule has 0 aromatic heterocycles. The van der Waals surface area contributed by atoms with E-state index in [-0.39, 0.29) is 0 Å². The van der Waals surface area contributed by atoms with Crippen LogP contribution in [0.1, 0.15) is 12.8 Å². The molecule has 0 N–H and O–H groups in total. The first-order valence-electron chi connectivity index (χ1n) is 3.58. The van der Waals surface area contributed by atoms with Gasteiger partial charge in [-0.1, -0.05) is 12.1 Å². The first-order chi connectivity index (χ1) is 4.00. The molecule has 0 aliphatic carbocycles. The van der Waals surface area contributed by atoms with Gasteiger partial charge >= 0.3 is 0 Å². The van der Waals surface area contributed by atoms with Crippen LogP contribution in [0.5, 0.6) is 0 Å². The van der Waals surface area contributed by atoms with Gasteiger partial charge in [0.15, 0.2) is 0 Å². The summed E-state index contributed by atoms with van der Waals surface area (Å²) in [7, 11) is 0.372. The van der Waals surface area contributed by atoms with Gasteiger partial charge in [0.25, 0.3) is 0 Å². The second-order valence-electron chi connectivity index (χ2n) is 2.38. The van der Waals surface area contributed by atoms with Crippen LogP contribution < -0.4 is 0 Å². The smallest absolute Gasteiger partial charge is 0.0463 e. The van der Waals surface area contributed by atoms with Crippen molar-refractivity contribution in [3.63, 3.8) is 0 Å². The predicted octanol–water partition coefficient (Wildman–Crippen LogP) is 0.802. The van der Waals surface area contributed by atoms with Gasteiger partial charge in [-0.2, -0.15) is 0 Å². The Morgan fingerprint density at radius 1 is 1.00 bits per heavy atom. The van der Waals surface area contributed by atoms with Crippen LogP contribution in [-0.4, -0.2) is 22.7 Å².